The Morgan fingerprint density at radius 2 is 2.25 bits per heavy atom. The van der Waals surface area contributed by atoms with E-state index in [4.69, 9.17) is 4.52 Å². The molecular weight excluding hydrogens is 257 g/mol. The predicted molar refractivity (Wildman–Crippen MR) is 73.6 cm³/mol. The van der Waals surface area contributed by atoms with Gasteiger partial charge in [0.05, 0.1) is 6.04 Å². The quantitative estimate of drug-likeness (QED) is 0.914. The van der Waals surface area contributed by atoms with Crippen molar-refractivity contribution in [3.63, 3.8) is 0 Å². The van der Waals surface area contributed by atoms with Gasteiger partial charge in [-0.2, -0.15) is 4.98 Å². The Balaban J connectivity index is 1.84. The maximum absolute atomic E-state index is 13.6. The topological polar surface area (TPSA) is 51.0 Å². The molecular formula is C15H18FN3O. The molecule has 1 N–H and O–H groups in total. The van der Waals surface area contributed by atoms with Gasteiger partial charge >= 0.3 is 0 Å². The van der Waals surface area contributed by atoms with Gasteiger partial charge in [-0.05, 0) is 43.9 Å². The minimum atomic E-state index is -0.252. The number of halogens is 1. The van der Waals surface area contributed by atoms with Crippen LogP contribution in [0.2, 0.25) is 0 Å². The summed E-state index contributed by atoms with van der Waals surface area (Å²) in [6, 6.07) is 5.09. The first-order chi connectivity index (χ1) is 9.63. The molecule has 0 amide bonds. The zero-order valence-electron chi connectivity index (χ0n) is 11.7. The predicted octanol–water partition coefficient (Wildman–Crippen LogP) is 3.24. The molecule has 0 spiro atoms. The Bertz CT molecular complexity index is 611. The van der Waals surface area contributed by atoms with Crippen molar-refractivity contribution < 1.29 is 8.91 Å². The first kappa shape index (κ1) is 13.2. The third kappa shape index (κ3) is 2.58. The van der Waals surface area contributed by atoms with Gasteiger partial charge in [0.2, 0.25) is 11.7 Å². The van der Waals surface area contributed by atoms with Crippen molar-refractivity contribution in [2.24, 2.45) is 5.92 Å². The highest BCUT2D eigenvalue weighted by atomic mass is 19.1. The first-order valence-corrected chi connectivity index (χ1v) is 6.97. The lowest BCUT2D eigenvalue weighted by Gasteiger charge is -2.25. The number of nitrogens with zero attached hydrogens (tertiary/aromatic N) is 2. The van der Waals surface area contributed by atoms with Crippen LogP contribution in [0.3, 0.4) is 0 Å². The van der Waals surface area contributed by atoms with Crippen LogP contribution in [-0.4, -0.2) is 16.7 Å². The van der Waals surface area contributed by atoms with Gasteiger partial charge in [0.15, 0.2) is 0 Å². The Morgan fingerprint density at radius 1 is 1.40 bits per heavy atom. The van der Waals surface area contributed by atoms with E-state index in [1.54, 1.807) is 13.0 Å². The molecule has 2 unspecified atom stereocenters. The highest BCUT2D eigenvalue weighted by Gasteiger charge is 2.25. The van der Waals surface area contributed by atoms with Gasteiger partial charge in [-0.15, -0.1) is 0 Å². The van der Waals surface area contributed by atoms with Crippen LogP contribution in [0.4, 0.5) is 4.39 Å². The Hall–Kier alpha value is -1.75. The van der Waals surface area contributed by atoms with Crippen LogP contribution in [0.15, 0.2) is 22.7 Å². The minimum Gasteiger partial charge on any atom is -0.337 e. The van der Waals surface area contributed by atoms with E-state index in [2.05, 4.69) is 22.4 Å². The van der Waals surface area contributed by atoms with Crippen LogP contribution in [0.25, 0.3) is 11.4 Å². The molecule has 2 heterocycles. The van der Waals surface area contributed by atoms with Crippen LogP contribution in [0.1, 0.15) is 37.3 Å². The molecule has 1 saturated heterocycles. The van der Waals surface area contributed by atoms with Crippen molar-refractivity contribution in [1.29, 1.82) is 0 Å². The standard InChI is InChI=1S/C15H18FN3O/c1-9-5-6-17-13(7-9)15-18-14(19-20-15)11-4-3-10(2)12(16)8-11/h3-4,8-9,13,17H,5-7H2,1-2H3. The van der Waals surface area contributed by atoms with Gasteiger partial charge in [-0.1, -0.05) is 24.2 Å². The monoisotopic (exact) mass is 275 g/mol. The Kier molecular flexibility index (Phi) is 3.53. The van der Waals surface area contributed by atoms with Gasteiger partial charge in [-0.3, -0.25) is 0 Å². The lowest BCUT2D eigenvalue weighted by atomic mass is 9.94. The molecule has 1 aliphatic heterocycles. The molecule has 0 saturated carbocycles. The average molecular weight is 275 g/mol. The molecule has 20 heavy (non-hydrogen) atoms. The second-order valence-electron chi connectivity index (χ2n) is 5.56. The zero-order chi connectivity index (χ0) is 14.1. The molecule has 0 aliphatic carbocycles. The molecule has 3 rings (SSSR count). The van der Waals surface area contributed by atoms with E-state index in [0.29, 0.717) is 28.8 Å². The SMILES string of the molecule is Cc1ccc(-c2noc(C3CC(C)CCN3)n2)cc1F. The van der Waals surface area contributed by atoms with Gasteiger partial charge in [0, 0.05) is 5.56 Å². The summed E-state index contributed by atoms with van der Waals surface area (Å²) >= 11 is 0. The van der Waals surface area contributed by atoms with E-state index < -0.39 is 0 Å². The first-order valence-electron chi connectivity index (χ1n) is 6.97. The zero-order valence-corrected chi connectivity index (χ0v) is 11.7. The van der Waals surface area contributed by atoms with E-state index in [1.165, 1.54) is 12.5 Å². The third-order valence-corrected chi connectivity index (χ3v) is 3.84. The number of aryl methyl sites for hydroxylation is 1. The number of benzene rings is 1. The number of nitrogens with one attached hydrogen (secondary N) is 1. The highest BCUT2D eigenvalue weighted by Crippen LogP contribution is 2.27. The molecule has 0 bridgehead atoms. The fourth-order valence-electron chi connectivity index (χ4n) is 2.52. The molecule has 1 aromatic heterocycles. The normalized spacial score (nSPS) is 22.9. The summed E-state index contributed by atoms with van der Waals surface area (Å²) in [5.74, 6) is 1.43. The highest BCUT2D eigenvalue weighted by molar-refractivity contribution is 5.54. The van der Waals surface area contributed by atoms with Crippen molar-refractivity contribution >= 4 is 0 Å². The van der Waals surface area contributed by atoms with Crippen LogP contribution in [0, 0.1) is 18.7 Å². The summed E-state index contributed by atoms with van der Waals surface area (Å²) in [4.78, 5) is 4.40. The van der Waals surface area contributed by atoms with Crippen LogP contribution >= 0.6 is 0 Å². The maximum Gasteiger partial charge on any atom is 0.244 e. The molecule has 106 valence electrons. The Labute approximate surface area is 117 Å². The number of hydrogen-bond donors (Lipinski definition) is 1. The van der Waals surface area contributed by atoms with E-state index in [0.717, 1.165) is 13.0 Å². The molecule has 1 aromatic carbocycles. The number of aromatic nitrogens is 2. The van der Waals surface area contributed by atoms with Crippen molar-refractivity contribution in [2.75, 3.05) is 6.54 Å². The largest absolute Gasteiger partial charge is 0.337 e. The summed E-state index contributed by atoms with van der Waals surface area (Å²) < 4.78 is 18.9. The second-order valence-corrected chi connectivity index (χ2v) is 5.56. The third-order valence-electron chi connectivity index (χ3n) is 3.84. The maximum atomic E-state index is 13.6. The lowest BCUT2D eigenvalue weighted by Crippen LogP contribution is -2.30. The summed E-state index contributed by atoms with van der Waals surface area (Å²) in [6.07, 6.45) is 2.16. The number of hydrogen-bond acceptors (Lipinski definition) is 4. The van der Waals surface area contributed by atoms with Crippen molar-refractivity contribution in [3.05, 3.63) is 35.5 Å². The minimum absolute atomic E-state index is 0.107. The van der Waals surface area contributed by atoms with Gasteiger partial charge in [0.1, 0.15) is 5.82 Å². The van der Waals surface area contributed by atoms with E-state index in [-0.39, 0.29) is 11.9 Å². The van der Waals surface area contributed by atoms with Crippen LogP contribution < -0.4 is 5.32 Å². The summed E-state index contributed by atoms with van der Waals surface area (Å²) in [5.41, 5.74) is 1.26. The fraction of sp³-hybridized carbons (Fsp3) is 0.467. The fourth-order valence-corrected chi connectivity index (χ4v) is 2.52. The van der Waals surface area contributed by atoms with E-state index in [1.807, 2.05) is 6.07 Å². The van der Waals surface area contributed by atoms with Gasteiger partial charge in [0.25, 0.3) is 0 Å². The lowest BCUT2D eigenvalue weighted by molar-refractivity contribution is 0.260. The molecule has 2 aromatic rings. The summed E-state index contributed by atoms with van der Waals surface area (Å²) in [6.45, 7) is 4.91. The van der Waals surface area contributed by atoms with E-state index in [9.17, 15) is 4.39 Å². The summed E-state index contributed by atoms with van der Waals surface area (Å²) in [5, 5.41) is 7.35. The molecule has 1 aliphatic rings. The molecule has 0 radical (unpaired) electrons. The summed E-state index contributed by atoms with van der Waals surface area (Å²) in [7, 11) is 0. The van der Waals surface area contributed by atoms with Gasteiger partial charge in [-0.25, -0.2) is 4.39 Å². The van der Waals surface area contributed by atoms with Crippen LogP contribution in [0.5, 0.6) is 0 Å². The average Bonchev–Trinajstić information content (AvgIpc) is 2.92. The molecule has 1 fully saturated rings. The van der Waals surface area contributed by atoms with Gasteiger partial charge < -0.3 is 9.84 Å². The molecule has 4 nitrogen and oxygen atoms in total. The number of rotatable bonds is 2. The van der Waals surface area contributed by atoms with E-state index >= 15 is 0 Å². The smallest absolute Gasteiger partial charge is 0.244 e. The van der Waals surface area contributed by atoms with Crippen molar-refractivity contribution in [2.45, 2.75) is 32.7 Å². The molecule has 5 heteroatoms. The van der Waals surface area contributed by atoms with Crippen molar-refractivity contribution in [1.82, 2.24) is 15.5 Å². The van der Waals surface area contributed by atoms with Crippen LogP contribution in [-0.2, 0) is 0 Å². The number of piperidine rings is 1. The Morgan fingerprint density at radius 3 is 3.00 bits per heavy atom. The second kappa shape index (κ2) is 5.32. The van der Waals surface area contributed by atoms with Crippen molar-refractivity contribution in [3.8, 4) is 11.4 Å². The molecule has 2 atom stereocenters.